The van der Waals surface area contributed by atoms with Crippen LogP contribution in [0.15, 0.2) is 12.2 Å². The van der Waals surface area contributed by atoms with Crippen LogP contribution in [0.2, 0.25) is 0 Å². The van der Waals surface area contributed by atoms with Crippen LogP contribution in [0, 0.1) is 5.92 Å². The number of allylic oxidation sites excluding steroid dienone is 1. The Morgan fingerprint density at radius 2 is 1.52 bits per heavy atom. The van der Waals surface area contributed by atoms with Crippen LogP contribution in [0.5, 0.6) is 0 Å². The number of esters is 1. The highest BCUT2D eigenvalue weighted by Crippen LogP contribution is 2.30. The second-order valence-corrected chi connectivity index (χ2v) is 9.06. The molecule has 0 aromatic carbocycles. The summed E-state index contributed by atoms with van der Waals surface area (Å²) in [6.07, 6.45) is 3.51. The maximum atomic E-state index is 12.2. The van der Waals surface area contributed by atoms with E-state index in [9.17, 15) is 9.59 Å². The van der Waals surface area contributed by atoms with Crippen LogP contribution in [0.25, 0.3) is 0 Å². The van der Waals surface area contributed by atoms with Gasteiger partial charge >= 0.3 is 12.1 Å². The molecular formula is C20H32O7. The Labute approximate surface area is 161 Å². The first-order valence-electron chi connectivity index (χ1n) is 9.44. The van der Waals surface area contributed by atoms with Crippen molar-refractivity contribution < 1.29 is 33.3 Å². The first-order valence-corrected chi connectivity index (χ1v) is 9.44. The van der Waals surface area contributed by atoms with E-state index in [1.807, 2.05) is 26.8 Å². The fourth-order valence-electron chi connectivity index (χ4n) is 3.07. The van der Waals surface area contributed by atoms with Crippen molar-refractivity contribution in [3.05, 3.63) is 12.2 Å². The van der Waals surface area contributed by atoms with E-state index in [0.29, 0.717) is 12.8 Å². The van der Waals surface area contributed by atoms with Crippen LogP contribution < -0.4 is 0 Å². The number of hydrogen-bond acceptors (Lipinski definition) is 7. The molecule has 0 aromatic heterocycles. The van der Waals surface area contributed by atoms with Crippen LogP contribution in [0.4, 0.5) is 4.79 Å². The third kappa shape index (κ3) is 7.89. The van der Waals surface area contributed by atoms with E-state index < -0.39 is 23.5 Å². The molecule has 0 saturated carbocycles. The Balaban J connectivity index is 2.04. The highest BCUT2D eigenvalue weighted by molar-refractivity contribution is 5.70. The molecule has 1 aliphatic carbocycles. The smallest absolute Gasteiger partial charge is 0.460 e. The van der Waals surface area contributed by atoms with Crippen molar-refractivity contribution in [2.45, 2.75) is 90.3 Å². The average Bonchev–Trinajstić information content (AvgIpc) is 2.84. The summed E-state index contributed by atoms with van der Waals surface area (Å²) < 4.78 is 27.4. The summed E-state index contributed by atoms with van der Waals surface area (Å²) in [4.78, 5) is 24.2. The molecule has 1 saturated heterocycles. The van der Waals surface area contributed by atoms with Gasteiger partial charge in [0.1, 0.15) is 24.1 Å². The molecule has 0 aromatic rings. The molecule has 1 heterocycles. The number of hydrogen-bond donors (Lipinski definition) is 0. The van der Waals surface area contributed by atoms with E-state index in [1.165, 1.54) is 0 Å². The van der Waals surface area contributed by atoms with E-state index in [1.54, 1.807) is 26.8 Å². The van der Waals surface area contributed by atoms with Crippen molar-refractivity contribution in [2.75, 3.05) is 6.79 Å². The van der Waals surface area contributed by atoms with Gasteiger partial charge in [-0.3, -0.25) is 4.79 Å². The molecule has 4 unspecified atom stereocenters. The lowest BCUT2D eigenvalue weighted by Crippen LogP contribution is -2.34. The van der Waals surface area contributed by atoms with Crippen LogP contribution in [0.1, 0.15) is 60.8 Å². The molecule has 0 radical (unpaired) electrons. The lowest BCUT2D eigenvalue weighted by molar-refractivity contribution is -0.155. The molecule has 7 nitrogen and oxygen atoms in total. The second-order valence-electron chi connectivity index (χ2n) is 9.06. The number of carbonyl (C=O) groups excluding carboxylic acids is 2. The van der Waals surface area contributed by atoms with E-state index in [0.717, 1.165) is 0 Å². The molecular weight excluding hydrogens is 352 g/mol. The molecule has 1 aliphatic heterocycles. The van der Waals surface area contributed by atoms with Crippen LogP contribution in [0.3, 0.4) is 0 Å². The number of ether oxygens (including phenoxy) is 5. The summed E-state index contributed by atoms with van der Waals surface area (Å²) in [5.74, 6) is -0.350. The van der Waals surface area contributed by atoms with Gasteiger partial charge in [-0.15, -0.1) is 0 Å². The Bertz CT molecular complexity index is 508. The van der Waals surface area contributed by atoms with Gasteiger partial charge in [-0.1, -0.05) is 6.08 Å². The number of carbonyl (C=O) groups is 2. The second kappa shape index (κ2) is 8.61. The fraction of sp³-hybridized carbons (Fsp3) is 0.800. The highest BCUT2D eigenvalue weighted by Gasteiger charge is 2.36. The summed E-state index contributed by atoms with van der Waals surface area (Å²) in [5, 5.41) is 0. The minimum absolute atomic E-state index is 0.0842. The Kier molecular flexibility index (Phi) is 6.92. The zero-order valence-corrected chi connectivity index (χ0v) is 17.2. The normalized spacial score (nSPS) is 29.9. The first kappa shape index (κ1) is 21.7. The van der Waals surface area contributed by atoms with Gasteiger partial charge in [0.05, 0.1) is 18.6 Å². The molecule has 2 rings (SSSR count). The minimum Gasteiger partial charge on any atom is -0.460 e. The molecule has 2 aliphatic rings. The molecule has 0 N–H and O–H groups in total. The zero-order valence-electron chi connectivity index (χ0n) is 17.2. The molecule has 7 heteroatoms. The maximum Gasteiger partial charge on any atom is 0.509 e. The Hall–Kier alpha value is -1.60. The monoisotopic (exact) mass is 384 g/mol. The van der Waals surface area contributed by atoms with E-state index in [-0.39, 0.29) is 37.3 Å². The quantitative estimate of drug-likeness (QED) is 0.541. The molecule has 0 bridgehead atoms. The van der Waals surface area contributed by atoms with E-state index in [4.69, 9.17) is 23.7 Å². The average molecular weight is 384 g/mol. The molecule has 27 heavy (non-hydrogen) atoms. The van der Waals surface area contributed by atoms with Crippen molar-refractivity contribution in [1.82, 2.24) is 0 Å². The topological polar surface area (TPSA) is 80.3 Å². The largest absolute Gasteiger partial charge is 0.509 e. The van der Waals surface area contributed by atoms with Gasteiger partial charge in [0.2, 0.25) is 0 Å². The predicted octanol–water partition coefficient (Wildman–Crippen LogP) is 3.75. The van der Waals surface area contributed by atoms with Gasteiger partial charge in [0, 0.05) is 6.42 Å². The van der Waals surface area contributed by atoms with Crippen molar-refractivity contribution in [3.8, 4) is 0 Å². The summed E-state index contributed by atoms with van der Waals surface area (Å²) in [6, 6.07) is 0. The van der Waals surface area contributed by atoms with E-state index in [2.05, 4.69) is 0 Å². The van der Waals surface area contributed by atoms with Crippen molar-refractivity contribution in [3.63, 3.8) is 0 Å². The highest BCUT2D eigenvalue weighted by atomic mass is 16.7. The number of rotatable bonds is 3. The molecule has 0 amide bonds. The lowest BCUT2D eigenvalue weighted by atomic mass is 9.89. The predicted molar refractivity (Wildman–Crippen MR) is 98.0 cm³/mol. The molecule has 1 fully saturated rings. The summed E-state index contributed by atoms with van der Waals surface area (Å²) >= 11 is 0. The van der Waals surface area contributed by atoms with Gasteiger partial charge < -0.3 is 23.7 Å². The molecule has 0 spiro atoms. The minimum atomic E-state index is -0.725. The van der Waals surface area contributed by atoms with Gasteiger partial charge in [0.25, 0.3) is 0 Å². The van der Waals surface area contributed by atoms with Crippen molar-refractivity contribution in [2.24, 2.45) is 5.92 Å². The lowest BCUT2D eigenvalue weighted by Gasteiger charge is -2.28. The summed E-state index contributed by atoms with van der Waals surface area (Å²) in [5.41, 5.74) is -1.16. The van der Waals surface area contributed by atoms with Crippen molar-refractivity contribution >= 4 is 12.1 Å². The van der Waals surface area contributed by atoms with Gasteiger partial charge in [-0.25, -0.2) is 4.79 Å². The summed E-state index contributed by atoms with van der Waals surface area (Å²) in [7, 11) is 0. The fourth-order valence-corrected chi connectivity index (χ4v) is 3.07. The molecule has 4 atom stereocenters. The van der Waals surface area contributed by atoms with Crippen LogP contribution in [-0.2, 0) is 28.5 Å². The third-order valence-electron chi connectivity index (χ3n) is 4.06. The Morgan fingerprint density at radius 1 is 0.926 bits per heavy atom. The maximum absolute atomic E-state index is 12.2. The van der Waals surface area contributed by atoms with Gasteiger partial charge in [-0.2, -0.15) is 0 Å². The molecule has 154 valence electrons. The zero-order chi connectivity index (χ0) is 20.2. The first-order chi connectivity index (χ1) is 12.4. The van der Waals surface area contributed by atoms with Gasteiger partial charge in [-0.05, 0) is 60.0 Å². The SMILES string of the molecule is CC(C)(C)OC(=O)CC1/C=C/C(OC(=O)OC(C)(C)C)CC2OCOC2C1. The van der Waals surface area contributed by atoms with Crippen molar-refractivity contribution in [1.29, 1.82) is 0 Å². The third-order valence-corrected chi connectivity index (χ3v) is 4.06. The Morgan fingerprint density at radius 3 is 2.11 bits per heavy atom. The van der Waals surface area contributed by atoms with Gasteiger partial charge in [0.15, 0.2) is 0 Å². The number of fused-ring (bicyclic) bond motifs is 1. The van der Waals surface area contributed by atoms with Crippen LogP contribution in [-0.4, -0.2) is 48.4 Å². The standard InChI is InChI=1S/C20H32O7/c1-19(2,3)26-17(21)10-13-7-8-14(25-18(22)27-20(4,5)6)11-16-15(9-13)23-12-24-16/h7-8,13-16H,9-12H2,1-6H3/b8-7+. The summed E-state index contributed by atoms with van der Waals surface area (Å²) in [6.45, 7) is 11.1. The van der Waals surface area contributed by atoms with Crippen LogP contribution >= 0.6 is 0 Å². The van der Waals surface area contributed by atoms with E-state index >= 15 is 0 Å².